The molecule has 3 rings (SSSR count). The molecule has 6 heteroatoms. The normalized spacial score (nSPS) is 16.1. The number of rotatable bonds is 2. The second kappa shape index (κ2) is 5.73. The molecule has 1 aliphatic rings. The van der Waals surface area contributed by atoms with Crippen molar-refractivity contribution in [1.82, 2.24) is 19.9 Å². The molecule has 0 saturated carbocycles. The maximum absolute atomic E-state index is 12.1. The van der Waals surface area contributed by atoms with Crippen molar-refractivity contribution in [2.24, 2.45) is 0 Å². The van der Waals surface area contributed by atoms with Crippen molar-refractivity contribution >= 4 is 11.7 Å². The fourth-order valence-electron chi connectivity index (χ4n) is 2.47. The molecule has 1 aromatic carbocycles. The molecular weight excluding hydrogens is 254 g/mol. The Morgan fingerprint density at radius 3 is 2.60 bits per heavy atom. The fraction of sp³-hybridized carbons (Fsp3) is 0.357. The number of urea groups is 1. The van der Waals surface area contributed by atoms with Gasteiger partial charge in [-0.3, -0.25) is 0 Å². The van der Waals surface area contributed by atoms with Crippen LogP contribution in [0.25, 0.3) is 0 Å². The van der Waals surface area contributed by atoms with Crippen LogP contribution >= 0.6 is 0 Å². The number of piperidine rings is 1. The maximum atomic E-state index is 12.1. The van der Waals surface area contributed by atoms with Crippen molar-refractivity contribution < 1.29 is 4.79 Å². The lowest BCUT2D eigenvalue weighted by molar-refractivity contribution is 0.179. The van der Waals surface area contributed by atoms with Gasteiger partial charge in [-0.2, -0.15) is 0 Å². The monoisotopic (exact) mass is 271 g/mol. The van der Waals surface area contributed by atoms with Crippen LogP contribution in [0.2, 0.25) is 0 Å². The molecule has 1 aromatic heterocycles. The second-order valence-corrected chi connectivity index (χ2v) is 4.90. The largest absolute Gasteiger partial charge is 0.324 e. The highest BCUT2D eigenvalue weighted by Crippen LogP contribution is 2.21. The predicted molar refractivity (Wildman–Crippen MR) is 75.3 cm³/mol. The van der Waals surface area contributed by atoms with Gasteiger partial charge in [-0.15, -0.1) is 5.10 Å². The number of nitrogens with zero attached hydrogens (tertiary/aromatic N) is 4. The zero-order valence-electron chi connectivity index (χ0n) is 11.1. The van der Waals surface area contributed by atoms with Crippen LogP contribution in [-0.4, -0.2) is 39.0 Å². The van der Waals surface area contributed by atoms with E-state index in [-0.39, 0.29) is 6.03 Å². The highest BCUT2D eigenvalue weighted by Gasteiger charge is 2.24. The zero-order valence-corrected chi connectivity index (χ0v) is 11.1. The van der Waals surface area contributed by atoms with Crippen molar-refractivity contribution in [3.05, 3.63) is 42.7 Å². The van der Waals surface area contributed by atoms with E-state index in [2.05, 4.69) is 15.6 Å². The molecule has 6 nitrogen and oxygen atoms in total. The SMILES string of the molecule is O=C(Nc1ccccc1)N1CCC(n2ccnn2)CC1. The van der Waals surface area contributed by atoms with Gasteiger partial charge < -0.3 is 10.2 Å². The molecule has 1 fully saturated rings. The van der Waals surface area contributed by atoms with Crippen molar-refractivity contribution in [2.75, 3.05) is 18.4 Å². The summed E-state index contributed by atoms with van der Waals surface area (Å²) in [6.07, 6.45) is 5.38. The molecule has 2 amide bonds. The number of amides is 2. The number of anilines is 1. The number of nitrogens with one attached hydrogen (secondary N) is 1. The first-order valence-corrected chi connectivity index (χ1v) is 6.80. The molecule has 0 spiro atoms. The minimum absolute atomic E-state index is 0.0340. The van der Waals surface area contributed by atoms with Gasteiger partial charge in [0.15, 0.2) is 0 Å². The van der Waals surface area contributed by atoms with Crippen LogP contribution in [0.1, 0.15) is 18.9 Å². The van der Waals surface area contributed by atoms with Gasteiger partial charge in [0.25, 0.3) is 0 Å². The van der Waals surface area contributed by atoms with Crippen LogP contribution in [-0.2, 0) is 0 Å². The Kier molecular flexibility index (Phi) is 3.62. The number of carbonyl (C=O) groups excluding carboxylic acids is 1. The van der Waals surface area contributed by atoms with Crippen LogP contribution in [0.15, 0.2) is 42.7 Å². The quantitative estimate of drug-likeness (QED) is 0.910. The molecule has 20 heavy (non-hydrogen) atoms. The third-order valence-corrected chi connectivity index (χ3v) is 3.59. The average molecular weight is 271 g/mol. The summed E-state index contributed by atoms with van der Waals surface area (Å²) in [5.74, 6) is 0. The topological polar surface area (TPSA) is 63.1 Å². The summed E-state index contributed by atoms with van der Waals surface area (Å²) in [4.78, 5) is 14.0. The van der Waals surface area contributed by atoms with E-state index in [1.807, 2.05) is 46.1 Å². The molecule has 104 valence electrons. The summed E-state index contributed by atoms with van der Waals surface area (Å²) >= 11 is 0. The van der Waals surface area contributed by atoms with E-state index < -0.39 is 0 Å². The minimum atomic E-state index is -0.0340. The molecule has 2 heterocycles. The smallest absolute Gasteiger partial charge is 0.321 e. The lowest BCUT2D eigenvalue weighted by Crippen LogP contribution is -2.41. The summed E-state index contributed by atoms with van der Waals surface area (Å²) in [5, 5.41) is 10.8. The molecule has 0 unspecified atom stereocenters. The molecule has 1 N–H and O–H groups in total. The van der Waals surface area contributed by atoms with E-state index in [1.165, 1.54) is 0 Å². The lowest BCUT2D eigenvalue weighted by atomic mass is 10.1. The number of benzene rings is 1. The molecule has 0 bridgehead atoms. The van der Waals surface area contributed by atoms with Gasteiger partial charge in [0.1, 0.15) is 0 Å². The van der Waals surface area contributed by atoms with Gasteiger partial charge in [-0.05, 0) is 25.0 Å². The molecule has 1 aliphatic heterocycles. The number of aromatic nitrogens is 3. The van der Waals surface area contributed by atoms with E-state index in [0.717, 1.165) is 31.6 Å². The van der Waals surface area contributed by atoms with Gasteiger partial charge in [0.05, 0.1) is 12.2 Å². The van der Waals surface area contributed by atoms with E-state index in [4.69, 9.17) is 0 Å². The highest BCUT2D eigenvalue weighted by atomic mass is 16.2. The van der Waals surface area contributed by atoms with Gasteiger partial charge in [0.2, 0.25) is 0 Å². The molecular formula is C14H17N5O. The van der Waals surface area contributed by atoms with Gasteiger partial charge in [0, 0.05) is 25.0 Å². The summed E-state index contributed by atoms with van der Waals surface area (Å²) < 4.78 is 1.88. The molecule has 0 aliphatic carbocycles. The molecule has 1 saturated heterocycles. The van der Waals surface area contributed by atoms with E-state index in [1.54, 1.807) is 6.20 Å². The number of para-hydroxylation sites is 1. The van der Waals surface area contributed by atoms with Crippen LogP contribution in [0.4, 0.5) is 10.5 Å². The summed E-state index contributed by atoms with van der Waals surface area (Å²) in [6, 6.07) is 9.84. The summed E-state index contributed by atoms with van der Waals surface area (Å²) in [7, 11) is 0. The van der Waals surface area contributed by atoms with E-state index >= 15 is 0 Å². The Hall–Kier alpha value is -2.37. The summed E-state index contributed by atoms with van der Waals surface area (Å²) in [5.41, 5.74) is 0.830. The van der Waals surface area contributed by atoms with Crippen LogP contribution in [0.3, 0.4) is 0 Å². The van der Waals surface area contributed by atoms with Crippen molar-refractivity contribution in [1.29, 1.82) is 0 Å². The molecule has 0 atom stereocenters. The van der Waals surface area contributed by atoms with Crippen molar-refractivity contribution in [3.8, 4) is 0 Å². The molecule has 0 radical (unpaired) electrons. The lowest BCUT2D eigenvalue weighted by Gasteiger charge is -2.31. The first-order valence-electron chi connectivity index (χ1n) is 6.80. The number of carbonyl (C=O) groups is 1. The second-order valence-electron chi connectivity index (χ2n) is 4.90. The number of hydrogen-bond acceptors (Lipinski definition) is 3. The van der Waals surface area contributed by atoms with Gasteiger partial charge in [-0.25, -0.2) is 9.48 Å². The fourth-order valence-corrected chi connectivity index (χ4v) is 2.47. The third-order valence-electron chi connectivity index (χ3n) is 3.59. The third kappa shape index (κ3) is 2.79. The molecule has 2 aromatic rings. The van der Waals surface area contributed by atoms with Gasteiger partial charge >= 0.3 is 6.03 Å². The Morgan fingerprint density at radius 2 is 1.95 bits per heavy atom. The first kappa shape index (κ1) is 12.7. The van der Waals surface area contributed by atoms with Crippen molar-refractivity contribution in [2.45, 2.75) is 18.9 Å². The van der Waals surface area contributed by atoms with Gasteiger partial charge in [-0.1, -0.05) is 23.4 Å². The number of hydrogen-bond donors (Lipinski definition) is 1. The van der Waals surface area contributed by atoms with Crippen LogP contribution < -0.4 is 5.32 Å². The minimum Gasteiger partial charge on any atom is -0.324 e. The van der Waals surface area contributed by atoms with E-state index in [9.17, 15) is 4.79 Å². The average Bonchev–Trinajstić information content (AvgIpc) is 3.03. The van der Waals surface area contributed by atoms with E-state index in [0.29, 0.717) is 6.04 Å². The Morgan fingerprint density at radius 1 is 1.20 bits per heavy atom. The number of likely N-dealkylation sites (tertiary alicyclic amines) is 1. The highest BCUT2D eigenvalue weighted by molar-refractivity contribution is 5.89. The Labute approximate surface area is 117 Å². The summed E-state index contributed by atoms with van der Waals surface area (Å²) in [6.45, 7) is 1.48. The standard InChI is InChI=1S/C14H17N5O/c20-14(16-12-4-2-1-3-5-12)18-9-6-13(7-10-18)19-11-8-15-17-19/h1-5,8,11,13H,6-7,9-10H2,(H,16,20). The van der Waals surface area contributed by atoms with Crippen LogP contribution in [0, 0.1) is 0 Å². The van der Waals surface area contributed by atoms with Crippen LogP contribution in [0.5, 0.6) is 0 Å². The predicted octanol–water partition coefficient (Wildman–Crippen LogP) is 2.15. The zero-order chi connectivity index (χ0) is 13.8. The maximum Gasteiger partial charge on any atom is 0.321 e. The Balaban J connectivity index is 1.54. The first-order chi connectivity index (χ1) is 9.83. The Bertz CT molecular complexity index is 546. The van der Waals surface area contributed by atoms with Crippen molar-refractivity contribution in [3.63, 3.8) is 0 Å².